The number of hydrogen-bond donors (Lipinski definition) is 2. The Bertz CT molecular complexity index is 254. The van der Waals surface area contributed by atoms with Crippen molar-refractivity contribution >= 4 is 5.97 Å². The predicted octanol–water partition coefficient (Wildman–Crippen LogP) is 2.11. The number of hydrogen-bond acceptors (Lipinski definition) is 2. The van der Waals surface area contributed by atoms with Crippen molar-refractivity contribution in [1.82, 2.24) is 6.15 Å². The second-order valence-corrected chi connectivity index (χ2v) is 2.36. The Labute approximate surface area is 71.6 Å². The van der Waals surface area contributed by atoms with Gasteiger partial charge in [-0.1, -0.05) is 19.1 Å². The van der Waals surface area contributed by atoms with Gasteiger partial charge in [0.1, 0.15) is 0 Å². The minimum Gasteiger partial charge on any atom is -0.478 e. The third kappa shape index (κ3) is 2.36. The summed E-state index contributed by atoms with van der Waals surface area (Å²) in [5.41, 5.74) is 1.51. The van der Waals surface area contributed by atoms with E-state index in [2.05, 4.69) is 0 Å². The first-order valence-electron chi connectivity index (χ1n) is 3.56. The molecule has 0 unspecified atom stereocenters. The van der Waals surface area contributed by atoms with Gasteiger partial charge >= 0.3 is 5.97 Å². The number of carboxylic acid groups (broad SMARTS) is 1. The van der Waals surface area contributed by atoms with Crippen molar-refractivity contribution in [2.75, 3.05) is 0 Å². The highest BCUT2D eigenvalue weighted by Gasteiger charge is 1.99. The van der Waals surface area contributed by atoms with Crippen molar-refractivity contribution in [1.29, 1.82) is 0 Å². The summed E-state index contributed by atoms with van der Waals surface area (Å²) in [6, 6.07) is 6.93. The molecule has 0 aliphatic heterocycles. The fourth-order valence-electron chi connectivity index (χ4n) is 0.883. The summed E-state index contributed by atoms with van der Waals surface area (Å²) >= 11 is 0. The molecule has 0 aromatic heterocycles. The maximum Gasteiger partial charge on any atom is 0.335 e. The van der Waals surface area contributed by atoms with E-state index in [-0.39, 0.29) is 6.15 Å². The lowest BCUT2D eigenvalue weighted by molar-refractivity contribution is 0.0697. The summed E-state index contributed by atoms with van der Waals surface area (Å²) in [7, 11) is 0. The van der Waals surface area contributed by atoms with E-state index in [9.17, 15) is 4.79 Å². The van der Waals surface area contributed by atoms with Gasteiger partial charge in [0.15, 0.2) is 0 Å². The van der Waals surface area contributed by atoms with Crippen LogP contribution in [0.5, 0.6) is 0 Å². The van der Waals surface area contributed by atoms with Gasteiger partial charge in [0.2, 0.25) is 0 Å². The van der Waals surface area contributed by atoms with Crippen molar-refractivity contribution in [2.45, 2.75) is 13.3 Å². The molecule has 0 fully saturated rings. The van der Waals surface area contributed by atoms with Crippen LogP contribution in [0.4, 0.5) is 0 Å². The normalized spacial score (nSPS) is 8.75. The van der Waals surface area contributed by atoms with Crippen molar-refractivity contribution in [3.63, 3.8) is 0 Å². The van der Waals surface area contributed by atoms with Crippen molar-refractivity contribution in [3.05, 3.63) is 35.4 Å². The Hall–Kier alpha value is -1.35. The number of aryl methyl sites for hydroxylation is 1. The molecular weight excluding hydrogens is 154 g/mol. The maximum absolute atomic E-state index is 10.4. The zero-order chi connectivity index (χ0) is 8.27. The van der Waals surface area contributed by atoms with Crippen molar-refractivity contribution in [3.8, 4) is 0 Å². The van der Waals surface area contributed by atoms with Crippen LogP contribution in [-0.4, -0.2) is 11.1 Å². The molecule has 3 nitrogen and oxygen atoms in total. The minimum absolute atomic E-state index is 0. The third-order valence-electron chi connectivity index (χ3n) is 1.61. The topological polar surface area (TPSA) is 72.3 Å². The predicted molar refractivity (Wildman–Crippen MR) is 47.8 cm³/mol. The SMILES string of the molecule is CCc1ccc(C(=O)O)cc1.N. The number of carboxylic acids is 1. The highest BCUT2D eigenvalue weighted by atomic mass is 16.4. The zero-order valence-electron chi connectivity index (χ0n) is 7.08. The van der Waals surface area contributed by atoms with Crippen molar-refractivity contribution < 1.29 is 9.90 Å². The van der Waals surface area contributed by atoms with Crippen molar-refractivity contribution in [2.24, 2.45) is 0 Å². The van der Waals surface area contributed by atoms with Gasteiger partial charge < -0.3 is 11.3 Å². The smallest absolute Gasteiger partial charge is 0.335 e. The summed E-state index contributed by atoms with van der Waals surface area (Å²) in [5.74, 6) is -0.868. The lowest BCUT2D eigenvalue weighted by atomic mass is 10.1. The van der Waals surface area contributed by atoms with E-state index in [1.54, 1.807) is 12.1 Å². The highest BCUT2D eigenvalue weighted by molar-refractivity contribution is 5.87. The van der Waals surface area contributed by atoms with Gasteiger partial charge in [-0.15, -0.1) is 0 Å². The average molecular weight is 167 g/mol. The Balaban J connectivity index is 0.00000121. The van der Waals surface area contributed by atoms with Gasteiger partial charge in [-0.25, -0.2) is 4.79 Å². The summed E-state index contributed by atoms with van der Waals surface area (Å²) in [4.78, 5) is 10.4. The van der Waals surface area contributed by atoms with Crippen LogP contribution < -0.4 is 6.15 Å². The third-order valence-corrected chi connectivity index (χ3v) is 1.61. The van der Waals surface area contributed by atoms with Gasteiger partial charge in [0.25, 0.3) is 0 Å². The van der Waals surface area contributed by atoms with Gasteiger partial charge in [-0.2, -0.15) is 0 Å². The second-order valence-electron chi connectivity index (χ2n) is 2.36. The molecule has 1 rings (SSSR count). The van der Waals surface area contributed by atoms with Crippen LogP contribution in [0.15, 0.2) is 24.3 Å². The molecule has 66 valence electrons. The molecule has 3 heteroatoms. The lowest BCUT2D eigenvalue weighted by Gasteiger charge is -1.96. The quantitative estimate of drug-likeness (QED) is 0.708. The fraction of sp³-hybridized carbons (Fsp3) is 0.222. The van der Waals surface area contributed by atoms with E-state index in [1.165, 1.54) is 0 Å². The molecule has 4 N–H and O–H groups in total. The van der Waals surface area contributed by atoms with E-state index in [0.29, 0.717) is 5.56 Å². The van der Waals surface area contributed by atoms with Crippen LogP contribution in [0.25, 0.3) is 0 Å². The molecule has 0 spiro atoms. The number of rotatable bonds is 2. The van der Waals surface area contributed by atoms with E-state index in [0.717, 1.165) is 12.0 Å². The van der Waals surface area contributed by atoms with Gasteiger partial charge in [0, 0.05) is 0 Å². The molecule has 0 saturated carbocycles. The first kappa shape index (κ1) is 10.7. The molecule has 0 atom stereocenters. The molecule has 0 amide bonds. The molecule has 0 saturated heterocycles. The number of aromatic carboxylic acids is 1. The maximum atomic E-state index is 10.4. The molecule has 0 aliphatic carbocycles. The molecule has 1 aromatic rings. The molecule has 0 radical (unpaired) electrons. The molecule has 0 bridgehead atoms. The monoisotopic (exact) mass is 167 g/mol. The van der Waals surface area contributed by atoms with Crippen LogP contribution in [0.3, 0.4) is 0 Å². The molecule has 0 heterocycles. The lowest BCUT2D eigenvalue weighted by Crippen LogP contribution is -1.95. The molecule has 1 aromatic carbocycles. The van der Waals surface area contributed by atoms with Crippen LogP contribution >= 0.6 is 0 Å². The molecule has 0 aliphatic rings. The first-order chi connectivity index (χ1) is 5.24. The Morgan fingerprint density at radius 2 is 1.83 bits per heavy atom. The van der Waals surface area contributed by atoms with Crippen LogP contribution in [0.1, 0.15) is 22.8 Å². The van der Waals surface area contributed by atoms with E-state index in [1.807, 2.05) is 19.1 Å². The largest absolute Gasteiger partial charge is 0.478 e. The standard InChI is InChI=1S/C9H10O2.H3N/c1-2-7-3-5-8(6-4-7)9(10)11;/h3-6H,2H2,1H3,(H,10,11);1H3. The summed E-state index contributed by atoms with van der Waals surface area (Å²) in [5, 5.41) is 8.55. The minimum atomic E-state index is -0.868. The summed E-state index contributed by atoms with van der Waals surface area (Å²) in [6.45, 7) is 2.04. The van der Waals surface area contributed by atoms with E-state index >= 15 is 0 Å². The van der Waals surface area contributed by atoms with E-state index < -0.39 is 5.97 Å². The highest BCUT2D eigenvalue weighted by Crippen LogP contribution is 2.04. The van der Waals surface area contributed by atoms with Gasteiger partial charge in [-0.3, -0.25) is 0 Å². The second kappa shape index (κ2) is 4.51. The summed E-state index contributed by atoms with van der Waals surface area (Å²) < 4.78 is 0. The first-order valence-corrected chi connectivity index (χ1v) is 3.56. The number of benzene rings is 1. The fourth-order valence-corrected chi connectivity index (χ4v) is 0.883. The Morgan fingerprint density at radius 3 is 2.17 bits per heavy atom. The molecule has 12 heavy (non-hydrogen) atoms. The van der Waals surface area contributed by atoms with Crippen LogP contribution in [0, 0.1) is 0 Å². The Morgan fingerprint density at radius 1 is 1.33 bits per heavy atom. The van der Waals surface area contributed by atoms with Crippen LogP contribution in [-0.2, 0) is 6.42 Å². The molecular formula is C9H13NO2. The van der Waals surface area contributed by atoms with E-state index in [4.69, 9.17) is 5.11 Å². The average Bonchev–Trinajstić information content (AvgIpc) is 2.05. The van der Waals surface area contributed by atoms with Gasteiger partial charge in [-0.05, 0) is 24.1 Å². The van der Waals surface area contributed by atoms with Crippen LogP contribution in [0.2, 0.25) is 0 Å². The number of carbonyl (C=O) groups is 1. The van der Waals surface area contributed by atoms with Gasteiger partial charge in [0.05, 0.1) is 5.56 Å². The Kier molecular flexibility index (Phi) is 4.00. The summed E-state index contributed by atoms with van der Waals surface area (Å²) in [6.07, 6.45) is 0.944. The zero-order valence-corrected chi connectivity index (χ0v) is 7.08.